The van der Waals surface area contributed by atoms with Gasteiger partial charge < -0.3 is 19.5 Å². The first-order valence-electron chi connectivity index (χ1n) is 10.6. The number of esters is 1. The number of rotatable bonds is 9. The third kappa shape index (κ3) is 5.09. The van der Waals surface area contributed by atoms with Crippen molar-refractivity contribution in [3.05, 3.63) is 75.0 Å². The van der Waals surface area contributed by atoms with Gasteiger partial charge >= 0.3 is 12.0 Å². The molecule has 0 saturated carbocycles. The van der Waals surface area contributed by atoms with Crippen LogP contribution >= 0.6 is 0 Å². The van der Waals surface area contributed by atoms with Gasteiger partial charge in [0.1, 0.15) is 6.61 Å². The number of ether oxygens (including phenoxy) is 3. The van der Waals surface area contributed by atoms with Gasteiger partial charge in [0, 0.05) is 5.70 Å². The van der Waals surface area contributed by atoms with E-state index in [0.29, 0.717) is 0 Å². The largest absolute Gasteiger partial charge is 0.490 e. The minimum Gasteiger partial charge on any atom is -0.490 e. The summed E-state index contributed by atoms with van der Waals surface area (Å²) >= 11 is 0. The first-order chi connectivity index (χ1) is 16.3. The molecule has 3 N–H and O–H groups in total. The van der Waals surface area contributed by atoms with Crippen molar-refractivity contribution in [2.45, 2.75) is 33.4 Å². The maximum atomic E-state index is 12.7. The van der Waals surface area contributed by atoms with Crippen LogP contribution in [-0.2, 0) is 16.1 Å². The molecule has 0 aliphatic carbocycles. The van der Waals surface area contributed by atoms with Crippen LogP contribution in [0, 0.1) is 10.1 Å². The molecule has 3 rings (SSSR count). The monoisotopic (exact) mass is 470 g/mol. The summed E-state index contributed by atoms with van der Waals surface area (Å²) in [6.45, 7) is 5.33. The molecular formula is C23H26N4O7. The summed E-state index contributed by atoms with van der Waals surface area (Å²) < 4.78 is 16.6. The number of nitrogens with two attached hydrogens (primary N) is 1. The topological polar surface area (TPSA) is 146 Å². The number of benzene rings is 2. The van der Waals surface area contributed by atoms with Gasteiger partial charge in [-0.2, -0.15) is 0 Å². The third-order valence-corrected chi connectivity index (χ3v) is 5.16. The first kappa shape index (κ1) is 24.5. The standard InChI is InChI=1S/C23H26N4O7/c1-4-32-18-11-16(21-20(22(28)33-5-2)14(3)26(24)23(29)25-21)17(27(30)31)12-19(18)34-13-15-9-7-6-8-10-15/h6-12,21H,4-5,13,24H2,1-3H3,(H,25,29)/t21-/m0/s1. The van der Waals surface area contributed by atoms with Crippen molar-refractivity contribution in [3.8, 4) is 11.5 Å². The van der Waals surface area contributed by atoms with E-state index in [9.17, 15) is 19.7 Å². The number of urea groups is 1. The van der Waals surface area contributed by atoms with Gasteiger partial charge in [-0.15, -0.1) is 0 Å². The van der Waals surface area contributed by atoms with Gasteiger partial charge in [0.2, 0.25) is 0 Å². The van der Waals surface area contributed by atoms with E-state index < -0.39 is 23.0 Å². The molecule has 0 unspecified atom stereocenters. The minimum atomic E-state index is -1.19. The zero-order valence-corrected chi connectivity index (χ0v) is 19.1. The maximum absolute atomic E-state index is 12.7. The van der Waals surface area contributed by atoms with Crippen LogP contribution in [0.3, 0.4) is 0 Å². The van der Waals surface area contributed by atoms with Crippen molar-refractivity contribution < 1.29 is 28.7 Å². The van der Waals surface area contributed by atoms with Crippen LogP contribution < -0.4 is 20.6 Å². The fourth-order valence-corrected chi connectivity index (χ4v) is 3.53. The Balaban J connectivity index is 2.12. The van der Waals surface area contributed by atoms with E-state index in [0.717, 1.165) is 10.6 Å². The van der Waals surface area contributed by atoms with Gasteiger partial charge in [-0.25, -0.2) is 20.4 Å². The molecule has 0 radical (unpaired) electrons. The molecular weight excluding hydrogens is 444 g/mol. The number of carbonyl (C=O) groups excluding carboxylic acids is 2. The van der Waals surface area contributed by atoms with Crippen LogP contribution in [0.4, 0.5) is 10.5 Å². The van der Waals surface area contributed by atoms with Crippen molar-refractivity contribution in [1.82, 2.24) is 10.3 Å². The number of carbonyl (C=O) groups is 2. The lowest BCUT2D eigenvalue weighted by molar-refractivity contribution is -0.385. The molecule has 11 nitrogen and oxygen atoms in total. The highest BCUT2D eigenvalue weighted by Crippen LogP contribution is 2.42. The Kier molecular flexibility index (Phi) is 7.69. The number of hydrogen-bond donors (Lipinski definition) is 2. The number of nitrogens with zero attached hydrogens (tertiary/aromatic N) is 2. The zero-order valence-electron chi connectivity index (χ0n) is 19.1. The lowest BCUT2D eigenvalue weighted by Gasteiger charge is -2.32. The fraction of sp³-hybridized carbons (Fsp3) is 0.304. The van der Waals surface area contributed by atoms with Gasteiger partial charge in [0.25, 0.3) is 5.69 Å². The normalized spacial score (nSPS) is 15.6. The number of amides is 2. The molecule has 1 heterocycles. The molecule has 0 fully saturated rings. The molecule has 0 saturated heterocycles. The molecule has 0 bridgehead atoms. The van der Waals surface area contributed by atoms with E-state index in [2.05, 4.69) is 5.32 Å². The Morgan fingerprint density at radius 3 is 2.44 bits per heavy atom. The summed E-state index contributed by atoms with van der Waals surface area (Å²) in [5.74, 6) is 5.39. The zero-order chi connectivity index (χ0) is 24.8. The van der Waals surface area contributed by atoms with Crippen LogP contribution in [0.25, 0.3) is 0 Å². The summed E-state index contributed by atoms with van der Waals surface area (Å²) in [6.07, 6.45) is 0. The van der Waals surface area contributed by atoms with E-state index in [-0.39, 0.29) is 53.8 Å². The van der Waals surface area contributed by atoms with Crippen LogP contribution in [0.1, 0.15) is 37.9 Å². The second-order valence-electron chi connectivity index (χ2n) is 7.29. The highest BCUT2D eigenvalue weighted by molar-refractivity contribution is 5.95. The maximum Gasteiger partial charge on any atom is 0.338 e. The molecule has 0 aromatic heterocycles. The first-order valence-corrected chi connectivity index (χ1v) is 10.6. The van der Waals surface area contributed by atoms with E-state index in [1.54, 1.807) is 13.8 Å². The van der Waals surface area contributed by atoms with Gasteiger partial charge in [0.05, 0.1) is 41.4 Å². The lowest BCUT2D eigenvalue weighted by Crippen LogP contribution is -2.51. The Hall–Kier alpha value is -4.12. The van der Waals surface area contributed by atoms with E-state index in [4.69, 9.17) is 20.1 Å². The van der Waals surface area contributed by atoms with Crippen LogP contribution in [0.2, 0.25) is 0 Å². The molecule has 1 aliphatic rings. The summed E-state index contributed by atoms with van der Waals surface area (Å²) in [6, 6.07) is 10.00. The van der Waals surface area contributed by atoms with Crippen molar-refractivity contribution in [2.75, 3.05) is 13.2 Å². The average molecular weight is 470 g/mol. The molecule has 34 heavy (non-hydrogen) atoms. The summed E-state index contributed by atoms with van der Waals surface area (Å²) in [7, 11) is 0. The number of hydrogen-bond acceptors (Lipinski definition) is 8. The molecule has 1 atom stereocenters. The van der Waals surface area contributed by atoms with Gasteiger partial charge in [-0.05, 0) is 32.4 Å². The smallest absolute Gasteiger partial charge is 0.338 e. The number of nitro groups is 1. The Morgan fingerprint density at radius 1 is 1.15 bits per heavy atom. The van der Waals surface area contributed by atoms with Gasteiger partial charge in [-0.3, -0.25) is 10.1 Å². The Labute approximate surface area is 196 Å². The van der Waals surface area contributed by atoms with Crippen molar-refractivity contribution >= 4 is 17.7 Å². The molecule has 1 aliphatic heterocycles. The van der Waals surface area contributed by atoms with Gasteiger partial charge in [-0.1, -0.05) is 30.3 Å². The van der Waals surface area contributed by atoms with E-state index >= 15 is 0 Å². The lowest BCUT2D eigenvalue weighted by atomic mass is 9.93. The quantitative estimate of drug-likeness (QED) is 0.186. The van der Waals surface area contributed by atoms with Crippen molar-refractivity contribution in [3.63, 3.8) is 0 Å². The Morgan fingerprint density at radius 2 is 1.82 bits per heavy atom. The molecule has 2 aromatic carbocycles. The predicted octanol–water partition coefficient (Wildman–Crippen LogP) is 3.35. The predicted molar refractivity (Wildman–Crippen MR) is 122 cm³/mol. The molecule has 2 amide bonds. The second kappa shape index (κ2) is 10.7. The number of allylic oxidation sites excluding steroid dienone is 1. The van der Waals surface area contributed by atoms with Crippen LogP contribution in [0.15, 0.2) is 53.7 Å². The summed E-state index contributed by atoms with van der Waals surface area (Å²) in [4.78, 5) is 36.5. The van der Waals surface area contributed by atoms with Crippen molar-refractivity contribution in [1.29, 1.82) is 0 Å². The molecule has 11 heteroatoms. The van der Waals surface area contributed by atoms with Crippen LogP contribution in [0.5, 0.6) is 11.5 Å². The van der Waals surface area contributed by atoms with Gasteiger partial charge in [0.15, 0.2) is 11.5 Å². The minimum absolute atomic E-state index is 0.0209. The second-order valence-corrected chi connectivity index (χ2v) is 7.29. The molecule has 0 spiro atoms. The molecule has 180 valence electrons. The van der Waals surface area contributed by atoms with Crippen LogP contribution in [-0.4, -0.2) is 35.1 Å². The number of hydrazine groups is 1. The van der Waals surface area contributed by atoms with E-state index in [1.165, 1.54) is 19.1 Å². The highest BCUT2D eigenvalue weighted by Gasteiger charge is 2.39. The number of nitro benzene ring substituents is 1. The van der Waals surface area contributed by atoms with E-state index in [1.807, 2.05) is 30.3 Å². The fourth-order valence-electron chi connectivity index (χ4n) is 3.53. The Bertz CT molecular complexity index is 1120. The summed E-state index contributed by atoms with van der Waals surface area (Å²) in [5.41, 5.74) is 0.625. The number of nitrogens with one attached hydrogen (secondary N) is 1. The average Bonchev–Trinajstić information content (AvgIpc) is 2.82. The van der Waals surface area contributed by atoms with Crippen molar-refractivity contribution in [2.24, 2.45) is 5.84 Å². The summed E-state index contributed by atoms with van der Waals surface area (Å²) in [5, 5.41) is 15.3. The third-order valence-electron chi connectivity index (χ3n) is 5.16. The highest BCUT2D eigenvalue weighted by atomic mass is 16.6. The SMILES string of the molecule is CCOC(=O)C1=C(C)N(N)C(=O)N[C@H]1c1cc(OCC)c(OCc2ccccc2)cc1[N+](=O)[O-]. The molecule has 2 aromatic rings.